The van der Waals surface area contributed by atoms with Crippen LogP contribution >= 0.6 is 11.8 Å². The molecular weight excluding hydrogens is 422 g/mol. The summed E-state index contributed by atoms with van der Waals surface area (Å²) in [7, 11) is 0. The van der Waals surface area contributed by atoms with Crippen molar-refractivity contribution in [2.75, 3.05) is 23.0 Å². The molecule has 0 bridgehead atoms. The van der Waals surface area contributed by atoms with Crippen molar-refractivity contribution in [3.05, 3.63) is 42.1 Å². The van der Waals surface area contributed by atoms with Crippen LogP contribution in [0.1, 0.15) is 20.3 Å². The number of nitrogens with zero attached hydrogens (tertiary/aromatic N) is 2. The van der Waals surface area contributed by atoms with Crippen LogP contribution in [0.15, 0.2) is 35.5 Å². The Morgan fingerprint density at radius 2 is 2.07 bits per heavy atom. The van der Waals surface area contributed by atoms with E-state index >= 15 is 0 Å². The molecule has 1 fully saturated rings. The molecule has 30 heavy (non-hydrogen) atoms. The van der Waals surface area contributed by atoms with Crippen LogP contribution in [-0.4, -0.2) is 36.3 Å². The number of pyridine rings is 1. The van der Waals surface area contributed by atoms with Crippen molar-refractivity contribution >= 4 is 29.0 Å². The summed E-state index contributed by atoms with van der Waals surface area (Å²) >= 11 is 1.41. The number of halogens is 4. The van der Waals surface area contributed by atoms with E-state index in [1.165, 1.54) is 16.7 Å². The molecule has 0 saturated carbocycles. The zero-order valence-corrected chi connectivity index (χ0v) is 17.4. The van der Waals surface area contributed by atoms with E-state index in [1.54, 1.807) is 18.3 Å². The highest BCUT2D eigenvalue weighted by Gasteiger charge is 2.43. The molecule has 1 unspecified atom stereocenters. The summed E-state index contributed by atoms with van der Waals surface area (Å²) in [5, 5.41) is 3.50. The van der Waals surface area contributed by atoms with Gasteiger partial charge < -0.3 is 15.0 Å². The van der Waals surface area contributed by atoms with Gasteiger partial charge in [-0.1, -0.05) is 13.8 Å². The Morgan fingerprint density at radius 3 is 2.73 bits per heavy atom. The minimum absolute atomic E-state index is 0.0977. The lowest BCUT2D eigenvalue weighted by molar-refractivity contribution is -0.117. The number of alkyl halides is 2. The minimum atomic E-state index is -3.34. The summed E-state index contributed by atoms with van der Waals surface area (Å²) in [5.41, 5.74) is 0.0512. The first kappa shape index (κ1) is 22.2. The average molecular weight is 443 g/mol. The van der Waals surface area contributed by atoms with Gasteiger partial charge in [0.05, 0.1) is 10.7 Å². The maximum Gasteiger partial charge on any atom is 0.387 e. The van der Waals surface area contributed by atoms with Gasteiger partial charge in [0, 0.05) is 18.4 Å². The third-order valence-electron chi connectivity index (χ3n) is 4.78. The van der Waals surface area contributed by atoms with Crippen molar-refractivity contribution in [2.45, 2.75) is 37.9 Å². The van der Waals surface area contributed by atoms with Gasteiger partial charge in [0.1, 0.15) is 6.04 Å². The normalized spacial score (nSPS) is 18.0. The first-order chi connectivity index (χ1) is 14.1. The lowest BCUT2D eigenvalue weighted by Gasteiger charge is -2.28. The maximum absolute atomic E-state index is 14.3. The van der Waals surface area contributed by atoms with Crippen LogP contribution in [0.4, 0.5) is 28.9 Å². The molecular formula is C20H21F4N3O2S. The van der Waals surface area contributed by atoms with E-state index in [4.69, 9.17) is 0 Å². The maximum atomic E-state index is 14.3. The van der Waals surface area contributed by atoms with Crippen molar-refractivity contribution in [1.29, 1.82) is 0 Å². The van der Waals surface area contributed by atoms with E-state index in [2.05, 4.69) is 15.0 Å². The second kappa shape index (κ2) is 8.71. The number of anilines is 2. The minimum Gasteiger partial charge on any atom is -0.429 e. The molecule has 0 spiro atoms. The van der Waals surface area contributed by atoms with E-state index in [-0.39, 0.29) is 17.6 Å². The van der Waals surface area contributed by atoms with E-state index in [9.17, 15) is 22.4 Å². The van der Waals surface area contributed by atoms with Gasteiger partial charge in [-0.05, 0) is 42.4 Å². The molecule has 0 radical (unpaired) electrons. The molecule has 3 rings (SSSR count). The molecule has 1 aliphatic rings. The molecule has 162 valence electrons. The van der Waals surface area contributed by atoms with Gasteiger partial charge in [0.25, 0.3) is 0 Å². The number of carbonyl (C=O) groups excluding carboxylic acids is 1. The molecule has 1 N–H and O–H groups in total. The summed E-state index contributed by atoms with van der Waals surface area (Å²) in [6.45, 7) is 0.727. The van der Waals surface area contributed by atoms with E-state index in [0.717, 1.165) is 12.1 Å². The number of thioether (sulfide) groups is 1. The first-order valence-corrected chi connectivity index (χ1v) is 10.3. The van der Waals surface area contributed by atoms with Crippen LogP contribution in [0.3, 0.4) is 0 Å². The summed E-state index contributed by atoms with van der Waals surface area (Å²) in [4.78, 5) is 18.7. The van der Waals surface area contributed by atoms with Crippen molar-refractivity contribution in [3.8, 4) is 5.75 Å². The Bertz CT molecular complexity index is 942. The topological polar surface area (TPSA) is 54.5 Å². The quantitative estimate of drug-likeness (QED) is 0.507. The third kappa shape index (κ3) is 4.80. The molecule has 1 aliphatic heterocycles. The van der Waals surface area contributed by atoms with Gasteiger partial charge in [0.2, 0.25) is 11.7 Å². The van der Waals surface area contributed by atoms with Gasteiger partial charge in [-0.3, -0.25) is 4.79 Å². The fraction of sp³-hybridized carbons (Fsp3) is 0.400. The summed E-state index contributed by atoms with van der Waals surface area (Å²) in [6, 6.07) is 4.52. The SMILES string of the molecule is CSc1cc(NC(=O)C2CC(C)(C)CN2c2ccc(F)c(F)c2OC(F)F)ccn1. The number of ether oxygens (including phenoxy) is 1. The number of nitrogens with one attached hydrogen (secondary N) is 1. The standard InChI is InChI=1S/C20H21F4N3O2S/c1-20(2)9-14(18(28)26-11-6-7-25-15(8-11)30-3)27(10-20)13-5-4-12(21)16(22)17(13)29-19(23)24/h4-8,14,19H,9-10H2,1-3H3,(H,25,26,28). The number of hydrogen-bond donors (Lipinski definition) is 1. The van der Waals surface area contributed by atoms with E-state index < -0.39 is 35.9 Å². The summed E-state index contributed by atoms with van der Waals surface area (Å²) < 4.78 is 57.9. The molecule has 1 atom stereocenters. The van der Waals surface area contributed by atoms with Gasteiger partial charge in [-0.15, -0.1) is 11.8 Å². The second-order valence-electron chi connectivity index (χ2n) is 7.68. The molecule has 1 aromatic carbocycles. The number of amides is 1. The van der Waals surface area contributed by atoms with E-state index in [1.807, 2.05) is 20.1 Å². The predicted octanol–water partition coefficient (Wildman–Crippen LogP) is 4.93. The summed E-state index contributed by atoms with van der Waals surface area (Å²) in [5.74, 6) is -4.13. The smallest absolute Gasteiger partial charge is 0.387 e. The number of aromatic nitrogens is 1. The fourth-order valence-electron chi connectivity index (χ4n) is 3.53. The number of hydrogen-bond acceptors (Lipinski definition) is 5. The molecule has 1 amide bonds. The van der Waals surface area contributed by atoms with Crippen LogP contribution in [0.2, 0.25) is 0 Å². The molecule has 5 nitrogen and oxygen atoms in total. The molecule has 1 saturated heterocycles. The Kier molecular flexibility index (Phi) is 6.44. The lowest BCUT2D eigenvalue weighted by atomic mass is 9.90. The highest BCUT2D eigenvalue weighted by Crippen LogP contribution is 2.43. The molecule has 2 aromatic rings. The Hall–Kier alpha value is -2.49. The molecule has 2 heterocycles. The van der Waals surface area contributed by atoms with Crippen LogP contribution in [0.5, 0.6) is 5.75 Å². The van der Waals surface area contributed by atoms with Gasteiger partial charge in [-0.2, -0.15) is 13.2 Å². The van der Waals surface area contributed by atoms with Crippen molar-refractivity contribution < 1.29 is 27.1 Å². The van der Waals surface area contributed by atoms with E-state index in [0.29, 0.717) is 17.1 Å². The van der Waals surface area contributed by atoms with Crippen LogP contribution in [-0.2, 0) is 4.79 Å². The number of benzene rings is 1. The van der Waals surface area contributed by atoms with Gasteiger partial charge in [0.15, 0.2) is 11.6 Å². The molecule has 1 aromatic heterocycles. The number of rotatable bonds is 6. The number of carbonyl (C=O) groups is 1. The zero-order valence-electron chi connectivity index (χ0n) is 16.6. The zero-order chi connectivity index (χ0) is 22.1. The van der Waals surface area contributed by atoms with Crippen LogP contribution in [0.25, 0.3) is 0 Å². The molecule has 10 heteroatoms. The fourth-order valence-corrected chi connectivity index (χ4v) is 3.94. The Morgan fingerprint density at radius 1 is 1.33 bits per heavy atom. The lowest BCUT2D eigenvalue weighted by Crippen LogP contribution is -2.40. The Labute approximate surface area is 175 Å². The summed E-state index contributed by atoms with van der Waals surface area (Å²) in [6.07, 6.45) is 3.79. The second-order valence-corrected chi connectivity index (χ2v) is 8.50. The predicted molar refractivity (Wildman–Crippen MR) is 107 cm³/mol. The average Bonchev–Trinajstić information content (AvgIpc) is 3.01. The van der Waals surface area contributed by atoms with Crippen molar-refractivity contribution in [3.63, 3.8) is 0 Å². The highest BCUT2D eigenvalue weighted by atomic mass is 32.2. The van der Waals surface area contributed by atoms with Gasteiger partial charge >= 0.3 is 6.61 Å². The molecule has 0 aliphatic carbocycles. The third-order valence-corrected chi connectivity index (χ3v) is 5.42. The van der Waals surface area contributed by atoms with Crippen molar-refractivity contribution in [2.24, 2.45) is 5.41 Å². The first-order valence-electron chi connectivity index (χ1n) is 9.11. The largest absolute Gasteiger partial charge is 0.429 e. The van der Waals surface area contributed by atoms with Crippen LogP contribution in [0, 0.1) is 17.0 Å². The van der Waals surface area contributed by atoms with Crippen LogP contribution < -0.4 is 15.0 Å². The van der Waals surface area contributed by atoms with Crippen molar-refractivity contribution in [1.82, 2.24) is 4.98 Å². The monoisotopic (exact) mass is 443 g/mol. The Balaban J connectivity index is 1.95. The highest BCUT2D eigenvalue weighted by molar-refractivity contribution is 7.98. The van der Waals surface area contributed by atoms with Gasteiger partial charge in [-0.25, -0.2) is 9.37 Å².